The van der Waals surface area contributed by atoms with Crippen molar-refractivity contribution in [2.75, 3.05) is 37.7 Å². The van der Waals surface area contributed by atoms with E-state index in [1.54, 1.807) is 0 Å². The highest BCUT2D eigenvalue weighted by molar-refractivity contribution is 5.77. The molecule has 1 aliphatic heterocycles. The Hall–Kier alpha value is -3.34. The second-order valence-electron chi connectivity index (χ2n) is 9.46. The molecule has 4 rings (SSSR count). The number of anilines is 1. The highest BCUT2D eigenvalue weighted by Crippen LogP contribution is 2.38. The number of carbonyl (C=O) groups excluding carboxylic acids is 1. The number of carbonyl (C=O) groups is 1. The Kier molecular flexibility index (Phi) is 8.21. The SMILES string of the molecule is Cc1ccc(N2CCN(C(=O)CO[C@H]3CC[C@H](Oc4ccc([N+](=O)[O-])c(C(F)(F)F)c4)CC3)CC2)cc1. The van der Waals surface area contributed by atoms with Crippen LogP contribution in [0.3, 0.4) is 0 Å². The van der Waals surface area contributed by atoms with Gasteiger partial charge in [-0.25, -0.2) is 0 Å². The van der Waals surface area contributed by atoms with E-state index in [1.807, 2.05) is 11.8 Å². The van der Waals surface area contributed by atoms with Crippen molar-refractivity contribution < 1.29 is 32.4 Å². The summed E-state index contributed by atoms with van der Waals surface area (Å²) in [7, 11) is 0. The van der Waals surface area contributed by atoms with Crippen LogP contribution in [0.4, 0.5) is 24.5 Å². The number of hydrogen-bond donors (Lipinski definition) is 0. The average molecular weight is 522 g/mol. The van der Waals surface area contributed by atoms with Crippen LogP contribution < -0.4 is 9.64 Å². The zero-order valence-corrected chi connectivity index (χ0v) is 20.6. The normalized spacial score (nSPS) is 20.5. The molecule has 0 spiro atoms. The van der Waals surface area contributed by atoms with E-state index in [9.17, 15) is 28.1 Å². The van der Waals surface area contributed by atoms with Gasteiger partial charge in [0.25, 0.3) is 5.69 Å². The molecule has 200 valence electrons. The Bertz CT molecular complexity index is 1090. The fourth-order valence-electron chi connectivity index (χ4n) is 4.73. The fourth-order valence-corrected chi connectivity index (χ4v) is 4.73. The quantitative estimate of drug-likeness (QED) is 0.378. The molecule has 11 heteroatoms. The van der Waals surface area contributed by atoms with E-state index < -0.39 is 22.4 Å². The standard InChI is InChI=1S/C26H30F3N3O5/c1-18-2-4-19(5-3-18)30-12-14-31(15-13-30)25(33)17-36-20-6-8-21(9-7-20)37-22-10-11-24(32(34)35)23(16-22)26(27,28)29/h2-5,10-11,16,20-21H,6-9,12-15,17H2,1H3/t20-,21-. The second-order valence-corrected chi connectivity index (χ2v) is 9.46. The molecule has 1 saturated heterocycles. The lowest BCUT2D eigenvalue weighted by atomic mass is 9.95. The summed E-state index contributed by atoms with van der Waals surface area (Å²) in [5.41, 5.74) is 0.0250. The third-order valence-corrected chi connectivity index (χ3v) is 6.87. The Labute approximate surface area is 213 Å². The predicted octanol–water partition coefficient (Wildman–Crippen LogP) is 4.98. The first-order valence-electron chi connectivity index (χ1n) is 12.3. The van der Waals surface area contributed by atoms with E-state index in [2.05, 4.69) is 29.2 Å². The van der Waals surface area contributed by atoms with Gasteiger partial charge in [0.05, 0.1) is 17.1 Å². The molecule has 0 atom stereocenters. The third kappa shape index (κ3) is 6.91. The summed E-state index contributed by atoms with van der Waals surface area (Å²) in [6.07, 6.45) is -2.99. The number of nitro benzene ring substituents is 1. The summed E-state index contributed by atoms with van der Waals surface area (Å²) in [6, 6.07) is 11.0. The van der Waals surface area contributed by atoms with Gasteiger partial charge in [-0.2, -0.15) is 13.2 Å². The van der Waals surface area contributed by atoms with Crippen LogP contribution in [-0.2, 0) is 15.7 Å². The Morgan fingerprint density at radius 2 is 1.62 bits per heavy atom. The molecule has 1 amide bonds. The van der Waals surface area contributed by atoms with Gasteiger partial charge in [-0.05, 0) is 56.9 Å². The van der Waals surface area contributed by atoms with Crippen molar-refractivity contribution in [2.24, 2.45) is 0 Å². The minimum atomic E-state index is -4.85. The maximum atomic E-state index is 13.2. The highest BCUT2D eigenvalue weighted by Gasteiger charge is 2.39. The van der Waals surface area contributed by atoms with Crippen molar-refractivity contribution in [1.29, 1.82) is 0 Å². The average Bonchev–Trinajstić information content (AvgIpc) is 2.88. The molecule has 0 unspecified atom stereocenters. The van der Waals surface area contributed by atoms with Crippen LogP contribution in [0.5, 0.6) is 5.75 Å². The van der Waals surface area contributed by atoms with E-state index >= 15 is 0 Å². The van der Waals surface area contributed by atoms with Gasteiger partial charge in [-0.15, -0.1) is 0 Å². The molecule has 2 aromatic carbocycles. The lowest BCUT2D eigenvalue weighted by molar-refractivity contribution is -0.388. The maximum absolute atomic E-state index is 13.2. The number of hydrogen-bond acceptors (Lipinski definition) is 6. The van der Waals surface area contributed by atoms with Gasteiger partial charge < -0.3 is 19.3 Å². The number of halogens is 3. The van der Waals surface area contributed by atoms with E-state index in [0.717, 1.165) is 24.8 Å². The summed E-state index contributed by atoms with van der Waals surface area (Å²) >= 11 is 0. The summed E-state index contributed by atoms with van der Waals surface area (Å²) in [6.45, 7) is 4.83. The smallest absolute Gasteiger partial charge is 0.423 e. The summed E-state index contributed by atoms with van der Waals surface area (Å²) < 4.78 is 51.1. The largest absolute Gasteiger partial charge is 0.490 e. The van der Waals surface area contributed by atoms with Crippen LogP contribution in [-0.4, -0.2) is 60.7 Å². The zero-order valence-electron chi connectivity index (χ0n) is 20.6. The fraction of sp³-hybridized carbons (Fsp3) is 0.500. The van der Waals surface area contributed by atoms with Gasteiger partial charge >= 0.3 is 6.18 Å². The molecule has 2 fully saturated rings. The van der Waals surface area contributed by atoms with Gasteiger partial charge in [0, 0.05) is 37.9 Å². The van der Waals surface area contributed by atoms with Crippen LogP contribution in [0.2, 0.25) is 0 Å². The highest BCUT2D eigenvalue weighted by atomic mass is 19.4. The number of benzene rings is 2. The van der Waals surface area contributed by atoms with Gasteiger partial charge in [0.1, 0.15) is 17.9 Å². The predicted molar refractivity (Wildman–Crippen MR) is 131 cm³/mol. The monoisotopic (exact) mass is 521 g/mol. The number of alkyl halides is 3. The Morgan fingerprint density at radius 3 is 2.22 bits per heavy atom. The molecular formula is C26H30F3N3O5. The Morgan fingerprint density at radius 1 is 1.00 bits per heavy atom. The number of amides is 1. The summed E-state index contributed by atoms with van der Waals surface area (Å²) in [4.78, 5) is 26.6. The van der Waals surface area contributed by atoms with Crippen molar-refractivity contribution >= 4 is 17.3 Å². The molecule has 0 bridgehead atoms. The molecule has 0 radical (unpaired) electrons. The lowest BCUT2D eigenvalue weighted by Gasteiger charge is -2.36. The lowest BCUT2D eigenvalue weighted by Crippen LogP contribution is -2.50. The van der Waals surface area contributed by atoms with Crippen molar-refractivity contribution in [3.8, 4) is 5.75 Å². The molecule has 1 saturated carbocycles. The number of aryl methyl sites for hydroxylation is 1. The first-order chi connectivity index (χ1) is 17.6. The Balaban J connectivity index is 1.20. The number of nitro groups is 1. The van der Waals surface area contributed by atoms with Crippen LogP contribution in [0.1, 0.15) is 36.8 Å². The second kappa shape index (κ2) is 11.4. The molecule has 1 aliphatic carbocycles. The van der Waals surface area contributed by atoms with Crippen LogP contribution in [0, 0.1) is 17.0 Å². The van der Waals surface area contributed by atoms with Gasteiger partial charge in [-0.1, -0.05) is 17.7 Å². The maximum Gasteiger partial charge on any atom is 0.423 e. The van der Waals surface area contributed by atoms with Crippen molar-refractivity contribution in [3.05, 3.63) is 63.7 Å². The van der Waals surface area contributed by atoms with E-state index in [4.69, 9.17) is 9.47 Å². The molecule has 1 heterocycles. The van der Waals surface area contributed by atoms with E-state index in [-0.39, 0.29) is 30.5 Å². The molecule has 0 aromatic heterocycles. The summed E-state index contributed by atoms with van der Waals surface area (Å²) in [5.74, 6) is -0.102. The van der Waals surface area contributed by atoms with Crippen LogP contribution in [0.15, 0.2) is 42.5 Å². The topological polar surface area (TPSA) is 85.2 Å². The summed E-state index contributed by atoms with van der Waals surface area (Å²) in [5, 5.41) is 10.9. The molecule has 2 aromatic rings. The first kappa shape index (κ1) is 26.7. The number of piperazine rings is 1. The van der Waals surface area contributed by atoms with Crippen LogP contribution >= 0.6 is 0 Å². The number of rotatable bonds is 7. The molecule has 8 nitrogen and oxygen atoms in total. The minimum Gasteiger partial charge on any atom is -0.490 e. The van der Waals surface area contributed by atoms with E-state index in [1.165, 1.54) is 11.6 Å². The van der Waals surface area contributed by atoms with E-state index in [0.29, 0.717) is 44.8 Å². The van der Waals surface area contributed by atoms with Gasteiger partial charge in [0.15, 0.2) is 0 Å². The molecule has 37 heavy (non-hydrogen) atoms. The molecule has 2 aliphatic rings. The van der Waals surface area contributed by atoms with Crippen molar-refractivity contribution in [2.45, 2.75) is 51.0 Å². The van der Waals surface area contributed by atoms with Crippen molar-refractivity contribution in [1.82, 2.24) is 4.90 Å². The number of nitrogens with zero attached hydrogens (tertiary/aromatic N) is 3. The van der Waals surface area contributed by atoms with Gasteiger partial charge in [-0.3, -0.25) is 14.9 Å². The number of ether oxygens (including phenoxy) is 2. The zero-order chi connectivity index (χ0) is 26.6. The minimum absolute atomic E-state index is 0.00197. The molecule has 0 N–H and O–H groups in total. The van der Waals surface area contributed by atoms with Crippen LogP contribution in [0.25, 0.3) is 0 Å². The third-order valence-electron chi connectivity index (χ3n) is 6.87. The van der Waals surface area contributed by atoms with Crippen molar-refractivity contribution in [3.63, 3.8) is 0 Å². The first-order valence-corrected chi connectivity index (χ1v) is 12.3. The van der Waals surface area contributed by atoms with Gasteiger partial charge in [0.2, 0.25) is 5.91 Å². The molecular weight excluding hydrogens is 491 g/mol.